The molecule has 0 amide bonds. The van der Waals surface area contributed by atoms with Crippen molar-refractivity contribution in [2.24, 2.45) is 0 Å². The molecule has 0 unspecified atom stereocenters. The quantitative estimate of drug-likeness (QED) is 0.750. The Balaban J connectivity index is 1.93. The van der Waals surface area contributed by atoms with Crippen LogP contribution in [0.5, 0.6) is 0 Å². The van der Waals surface area contributed by atoms with E-state index in [0.29, 0.717) is 5.15 Å². The molecule has 1 saturated carbocycles. The van der Waals surface area contributed by atoms with E-state index in [9.17, 15) is 0 Å². The van der Waals surface area contributed by atoms with Crippen LogP contribution < -0.4 is 0 Å². The van der Waals surface area contributed by atoms with E-state index in [2.05, 4.69) is 16.9 Å². The van der Waals surface area contributed by atoms with E-state index in [-0.39, 0.29) is 0 Å². The molecule has 88 valence electrons. The molecule has 0 atom stereocenters. The molecule has 1 aliphatic carbocycles. The molecule has 1 aromatic rings. The molecule has 2 nitrogen and oxygen atoms in total. The molecule has 0 N–H and O–H groups in total. The second kappa shape index (κ2) is 5.65. The van der Waals surface area contributed by atoms with Crippen molar-refractivity contribution < 1.29 is 0 Å². The van der Waals surface area contributed by atoms with Crippen molar-refractivity contribution in [3.8, 4) is 0 Å². The summed E-state index contributed by atoms with van der Waals surface area (Å²) >= 11 is 5.88. The highest BCUT2D eigenvalue weighted by Crippen LogP contribution is 2.23. The number of pyridine rings is 1. The zero-order chi connectivity index (χ0) is 11.4. The van der Waals surface area contributed by atoms with Gasteiger partial charge >= 0.3 is 0 Å². The maximum Gasteiger partial charge on any atom is 0.129 e. The third kappa shape index (κ3) is 3.19. The Morgan fingerprint density at radius 2 is 2.12 bits per heavy atom. The summed E-state index contributed by atoms with van der Waals surface area (Å²) in [6, 6.07) is 4.76. The van der Waals surface area contributed by atoms with E-state index in [1.807, 2.05) is 12.1 Å². The van der Waals surface area contributed by atoms with E-state index >= 15 is 0 Å². The van der Waals surface area contributed by atoms with E-state index in [4.69, 9.17) is 11.6 Å². The molecule has 2 rings (SSSR count). The maximum atomic E-state index is 5.88. The van der Waals surface area contributed by atoms with Crippen molar-refractivity contribution in [3.63, 3.8) is 0 Å². The zero-order valence-corrected chi connectivity index (χ0v) is 10.6. The normalized spacial score (nSPS) is 17.9. The van der Waals surface area contributed by atoms with Crippen molar-refractivity contribution in [2.45, 2.75) is 44.7 Å². The van der Waals surface area contributed by atoms with Crippen LogP contribution in [0, 0.1) is 0 Å². The fourth-order valence-corrected chi connectivity index (χ4v) is 2.68. The molecule has 0 spiro atoms. The summed E-state index contributed by atoms with van der Waals surface area (Å²) < 4.78 is 0. The van der Waals surface area contributed by atoms with Crippen LogP contribution in [0.15, 0.2) is 18.3 Å². The SMILES string of the molecule is CN(Cc1ccnc(Cl)c1)C1CCCCC1. The number of nitrogens with zero attached hydrogens (tertiary/aromatic N) is 2. The highest BCUT2D eigenvalue weighted by molar-refractivity contribution is 6.29. The molecule has 1 fully saturated rings. The monoisotopic (exact) mass is 238 g/mol. The first-order chi connectivity index (χ1) is 7.75. The van der Waals surface area contributed by atoms with Gasteiger partial charge in [0.2, 0.25) is 0 Å². The minimum atomic E-state index is 0.592. The Morgan fingerprint density at radius 1 is 1.38 bits per heavy atom. The summed E-state index contributed by atoms with van der Waals surface area (Å²) in [5.74, 6) is 0. The number of rotatable bonds is 3. The molecule has 0 radical (unpaired) electrons. The number of halogens is 1. The summed E-state index contributed by atoms with van der Waals surface area (Å²) in [5, 5.41) is 0.592. The molecular formula is C13H19ClN2. The zero-order valence-electron chi connectivity index (χ0n) is 9.82. The van der Waals surface area contributed by atoms with Crippen LogP contribution in [0.1, 0.15) is 37.7 Å². The molecule has 0 bridgehead atoms. The van der Waals surface area contributed by atoms with Crippen LogP contribution in [0.3, 0.4) is 0 Å². The average molecular weight is 239 g/mol. The largest absolute Gasteiger partial charge is 0.299 e. The first-order valence-electron chi connectivity index (χ1n) is 6.06. The highest BCUT2D eigenvalue weighted by atomic mass is 35.5. The van der Waals surface area contributed by atoms with Crippen LogP contribution >= 0.6 is 11.6 Å². The molecule has 0 aliphatic heterocycles. The van der Waals surface area contributed by atoms with Gasteiger partial charge in [0.1, 0.15) is 5.15 Å². The maximum absolute atomic E-state index is 5.88. The first kappa shape index (κ1) is 11.9. The van der Waals surface area contributed by atoms with E-state index in [1.165, 1.54) is 37.7 Å². The number of aromatic nitrogens is 1. The van der Waals surface area contributed by atoms with Crippen molar-refractivity contribution in [1.29, 1.82) is 0 Å². The standard InChI is InChI=1S/C13H19ClN2/c1-16(12-5-3-2-4-6-12)10-11-7-8-15-13(14)9-11/h7-9,12H,2-6,10H2,1H3. The Kier molecular flexibility index (Phi) is 4.19. The Hall–Kier alpha value is -0.600. The lowest BCUT2D eigenvalue weighted by Crippen LogP contribution is -2.32. The lowest BCUT2D eigenvalue weighted by atomic mass is 9.94. The van der Waals surface area contributed by atoms with Crippen LogP contribution in [-0.4, -0.2) is 23.0 Å². The van der Waals surface area contributed by atoms with Gasteiger partial charge < -0.3 is 0 Å². The van der Waals surface area contributed by atoms with Gasteiger partial charge in [-0.15, -0.1) is 0 Å². The summed E-state index contributed by atoms with van der Waals surface area (Å²) in [5.41, 5.74) is 1.26. The Morgan fingerprint density at radius 3 is 2.81 bits per heavy atom. The lowest BCUT2D eigenvalue weighted by molar-refractivity contribution is 0.184. The van der Waals surface area contributed by atoms with Crippen molar-refractivity contribution in [1.82, 2.24) is 9.88 Å². The molecule has 1 heterocycles. The minimum Gasteiger partial charge on any atom is -0.299 e. The second-order valence-corrected chi connectivity index (χ2v) is 5.08. The highest BCUT2D eigenvalue weighted by Gasteiger charge is 2.17. The average Bonchev–Trinajstić information content (AvgIpc) is 2.30. The van der Waals surface area contributed by atoms with Crippen molar-refractivity contribution in [3.05, 3.63) is 29.0 Å². The van der Waals surface area contributed by atoms with Gasteiger partial charge in [-0.3, -0.25) is 4.90 Å². The Labute approximate surface area is 103 Å². The predicted molar refractivity (Wildman–Crippen MR) is 67.6 cm³/mol. The fraction of sp³-hybridized carbons (Fsp3) is 0.615. The van der Waals surface area contributed by atoms with Gasteiger partial charge in [-0.05, 0) is 37.6 Å². The lowest BCUT2D eigenvalue weighted by Gasteiger charge is -2.31. The molecule has 1 aromatic heterocycles. The van der Waals surface area contributed by atoms with Gasteiger partial charge in [0.25, 0.3) is 0 Å². The smallest absolute Gasteiger partial charge is 0.129 e. The van der Waals surface area contributed by atoms with Crippen LogP contribution in [0.2, 0.25) is 5.15 Å². The van der Waals surface area contributed by atoms with E-state index in [0.717, 1.165) is 12.6 Å². The third-order valence-electron chi connectivity index (χ3n) is 3.42. The van der Waals surface area contributed by atoms with Crippen molar-refractivity contribution >= 4 is 11.6 Å². The minimum absolute atomic E-state index is 0.592. The van der Waals surface area contributed by atoms with Crippen LogP contribution in [-0.2, 0) is 6.54 Å². The Bertz CT molecular complexity index is 334. The topological polar surface area (TPSA) is 16.1 Å². The van der Waals surface area contributed by atoms with Gasteiger partial charge in [-0.1, -0.05) is 30.9 Å². The molecule has 1 aliphatic rings. The van der Waals surface area contributed by atoms with E-state index in [1.54, 1.807) is 6.20 Å². The van der Waals surface area contributed by atoms with Gasteiger partial charge in [0, 0.05) is 18.8 Å². The second-order valence-electron chi connectivity index (χ2n) is 4.69. The van der Waals surface area contributed by atoms with E-state index < -0.39 is 0 Å². The fourth-order valence-electron chi connectivity index (χ4n) is 2.48. The predicted octanol–water partition coefficient (Wildman–Crippen LogP) is 3.50. The summed E-state index contributed by atoms with van der Waals surface area (Å²) in [4.78, 5) is 6.46. The molecule has 0 aromatic carbocycles. The molecule has 0 saturated heterocycles. The van der Waals surface area contributed by atoms with Crippen LogP contribution in [0.4, 0.5) is 0 Å². The number of hydrogen-bond acceptors (Lipinski definition) is 2. The van der Waals surface area contributed by atoms with Crippen LogP contribution in [0.25, 0.3) is 0 Å². The molecule has 3 heteroatoms. The van der Waals surface area contributed by atoms with Gasteiger partial charge in [-0.25, -0.2) is 4.98 Å². The first-order valence-corrected chi connectivity index (χ1v) is 6.44. The third-order valence-corrected chi connectivity index (χ3v) is 3.63. The summed E-state index contributed by atoms with van der Waals surface area (Å²) in [7, 11) is 2.21. The van der Waals surface area contributed by atoms with Gasteiger partial charge in [0.15, 0.2) is 0 Å². The van der Waals surface area contributed by atoms with Crippen molar-refractivity contribution in [2.75, 3.05) is 7.05 Å². The number of hydrogen-bond donors (Lipinski definition) is 0. The summed E-state index contributed by atoms with van der Waals surface area (Å²) in [6.07, 6.45) is 8.64. The van der Waals surface area contributed by atoms with Gasteiger partial charge in [-0.2, -0.15) is 0 Å². The van der Waals surface area contributed by atoms with Gasteiger partial charge in [0.05, 0.1) is 0 Å². The molecule has 16 heavy (non-hydrogen) atoms. The molecular weight excluding hydrogens is 220 g/mol. The summed E-state index contributed by atoms with van der Waals surface area (Å²) in [6.45, 7) is 0.979.